The van der Waals surface area contributed by atoms with Crippen LogP contribution in [0.4, 0.5) is 0 Å². The Kier molecular flexibility index (Phi) is 4.94. The highest BCUT2D eigenvalue weighted by Crippen LogP contribution is 2.41. The number of carbonyl (C=O) groups excluding carboxylic acids is 1. The molecule has 2 heteroatoms. The molecule has 0 radical (unpaired) electrons. The van der Waals surface area contributed by atoms with E-state index < -0.39 is 0 Å². The van der Waals surface area contributed by atoms with Gasteiger partial charge < -0.3 is 4.74 Å². The quantitative estimate of drug-likeness (QED) is 0.518. The molecule has 128 valence electrons. The molecule has 2 nitrogen and oxygen atoms in total. The zero-order valence-corrected chi connectivity index (χ0v) is 15.9. The Morgan fingerprint density at radius 2 is 1.39 bits per heavy atom. The van der Waals surface area contributed by atoms with E-state index in [4.69, 9.17) is 4.74 Å². The fraction of sp³-hybridized carbons (Fsp3) is 0.667. The van der Waals surface area contributed by atoms with Gasteiger partial charge in [0.05, 0.1) is 5.92 Å². The van der Waals surface area contributed by atoms with Crippen molar-refractivity contribution in [3.05, 3.63) is 28.8 Å². The van der Waals surface area contributed by atoms with Crippen LogP contribution in [0.2, 0.25) is 0 Å². The molecule has 0 atom stereocenters. The SMILES string of the molecule is Cc1cc(C(C)(C)C)c(OC(=O)C2CCCC2)c(C(C)(C)C)c1. The summed E-state index contributed by atoms with van der Waals surface area (Å²) in [5.41, 5.74) is 3.37. The van der Waals surface area contributed by atoms with Crippen molar-refractivity contribution in [1.29, 1.82) is 0 Å². The van der Waals surface area contributed by atoms with Crippen molar-refractivity contribution in [2.45, 2.75) is 85.0 Å². The molecule has 0 bridgehead atoms. The summed E-state index contributed by atoms with van der Waals surface area (Å²) in [5.74, 6) is 0.840. The Morgan fingerprint density at radius 3 is 1.78 bits per heavy atom. The second kappa shape index (κ2) is 6.30. The summed E-state index contributed by atoms with van der Waals surface area (Å²) in [6, 6.07) is 4.35. The molecule has 0 spiro atoms. The zero-order chi connectivity index (χ0) is 17.4. The number of esters is 1. The summed E-state index contributed by atoms with van der Waals surface area (Å²) in [6.45, 7) is 15.2. The molecule has 1 aromatic rings. The van der Waals surface area contributed by atoms with Crippen LogP contribution in [-0.2, 0) is 15.6 Å². The molecule has 0 amide bonds. The van der Waals surface area contributed by atoms with E-state index in [1.807, 2.05) is 0 Å². The van der Waals surface area contributed by atoms with Gasteiger partial charge in [-0.2, -0.15) is 0 Å². The molecule has 2 rings (SSSR count). The van der Waals surface area contributed by atoms with Gasteiger partial charge in [0, 0.05) is 11.1 Å². The lowest BCUT2D eigenvalue weighted by Crippen LogP contribution is -2.25. The minimum atomic E-state index is -0.0582. The first-order valence-corrected chi connectivity index (χ1v) is 8.87. The Bertz CT molecular complexity index is 544. The van der Waals surface area contributed by atoms with Gasteiger partial charge in [-0.15, -0.1) is 0 Å². The molecular formula is C21H32O2. The molecule has 1 saturated carbocycles. The fourth-order valence-electron chi connectivity index (χ4n) is 3.34. The maximum atomic E-state index is 12.6. The first-order chi connectivity index (χ1) is 10.5. The Balaban J connectivity index is 2.51. The Labute approximate surface area is 141 Å². The van der Waals surface area contributed by atoms with Gasteiger partial charge >= 0.3 is 5.97 Å². The van der Waals surface area contributed by atoms with Gasteiger partial charge in [-0.25, -0.2) is 0 Å². The van der Waals surface area contributed by atoms with Crippen LogP contribution in [0.5, 0.6) is 5.75 Å². The lowest BCUT2D eigenvalue weighted by Gasteiger charge is -2.30. The number of hydrogen-bond donors (Lipinski definition) is 0. The van der Waals surface area contributed by atoms with Crippen molar-refractivity contribution in [1.82, 2.24) is 0 Å². The monoisotopic (exact) mass is 316 g/mol. The van der Waals surface area contributed by atoms with E-state index in [1.54, 1.807) is 0 Å². The highest BCUT2D eigenvalue weighted by molar-refractivity contribution is 5.76. The van der Waals surface area contributed by atoms with Crippen LogP contribution in [0.25, 0.3) is 0 Å². The van der Waals surface area contributed by atoms with Crippen LogP contribution in [0.1, 0.15) is 83.9 Å². The standard InChI is InChI=1S/C21H32O2/c1-14-12-16(20(2,3)4)18(17(13-14)21(5,6)7)23-19(22)15-10-8-9-11-15/h12-13,15H,8-11H2,1-7H3. The number of ether oxygens (including phenoxy) is 1. The maximum absolute atomic E-state index is 12.6. The molecule has 23 heavy (non-hydrogen) atoms. The van der Waals surface area contributed by atoms with Gasteiger partial charge in [0.2, 0.25) is 0 Å². The van der Waals surface area contributed by atoms with E-state index in [-0.39, 0.29) is 22.7 Å². The van der Waals surface area contributed by atoms with E-state index in [2.05, 4.69) is 60.6 Å². The normalized spacial score (nSPS) is 16.7. The smallest absolute Gasteiger partial charge is 0.314 e. The fourth-order valence-corrected chi connectivity index (χ4v) is 3.34. The third-order valence-corrected chi connectivity index (χ3v) is 4.74. The molecule has 1 aliphatic carbocycles. The Morgan fingerprint density at radius 1 is 0.957 bits per heavy atom. The molecule has 1 aliphatic rings. The van der Waals surface area contributed by atoms with E-state index in [0.717, 1.165) is 42.6 Å². The Hall–Kier alpha value is -1.31. The average Bonchev–Trinajstić information content (AvgIpc) is 2.91. The number of benzene rings is 1. The third-order valence-electron chi connectivity index (χ3n) is 4.74. The van der Waals surface area contributed by atoms with Crippen molar-refractivity contribution in [2.75, 3.05) is 0 Å². The summed E-state index contributed by atoms with van der Waals surface area (Å²) in [6.07, 6.45) is 4.23. The summed E-state index contributed by atoms with van der Waals surface area (Å²) in [4.78, 5) is 12.6. The first-order valence-electron chi connectivity index (χ1n) is 8.87. The topological polar surface area (TPSA) is 26.3 Å². The highest BCUT2D eigenvalue weighted by Gasteiger charge is 2.31. The molecule has 1 aromatic carbocycles. The van der Waals surface area contributed by atoms with Crippen molar-refractivity contribution >= 4 is 5.97 Å². The largest absolute Gasteiger partial charge is 0.426 e. The molecule has 0 aliphatic heterocycles. The van der Waals surface area contributed by atoms with Gasteiger partial charge in [0.25, 0.3) is 0 Å². The average molecular weight is 316 g/mol. The van der Waals surface area contributed by atoms with Crippen LogP contribution in [0.3, 0.4) is 0 Å². The second-order valence-corrected chi connectivity index (χ2v) is 9.09. The van der Waals surface area contributed by atoms with Crippen LogP contribution >= 0.6 is 0 Å². The predicted molar refractivity (Wildman–Crippen MR) is 96.2 cm³/mol. The van der Waals surface area contributed by atoms with Crippen molar-refractivity contribution in [2.24, 2.45) is 5.92 Å². The molecule has 0 unspecified atom stereocenters. The number of aryl methyl sites for hydroxylation is 1. The molecule has 0 aromatic heterocycles. The second-order valence-electron chi connectivity index (χ2n) is 9.09. The highest BCUT2D eigenvalue weighted by atomic mass is 16.5. The van der Waals surface area contributed by atoms with Crippen LogP contribution in [-0.4, -0.2) is 5.97 Å². The maximum Gasteiger partial charge on any atom is 0.314 e. The van der Waals surface area contributed by atoms with E-state index in [9.17, 15) is 4.79 Å². The van der Waals surface area contributed by atoms with E-state index in [0.29, 0.717) is 0 Å². The van der Waals surface area contributed by atoms with Crippen molar-refractivity contribution in [3.8, 4) is 5.75 Å². The van der Waals surface area contributed by atoms with Crippen LogP contribution < -0.4 is 4.74 Å². The minimum absolute atomic E-state index is 0.0395. The number of carbonyl (C=O) groups is 1. The first kappa shape index (κ1) is 18.0. The summed E-state index contributed by atoms with van der Waals surface area (Å²) in [7, 11) is 0. The van der Waals surface area contributed by atoms with Gasteiger partial charge in [0.15, 0.2) is 0 Å². The molecule has 0 heterocycles. The molecule has 0 N–H and O–H groups in total. The third kappa shape index (κ3) is 4.16. The lowest BCUT2D eigenvalue weighted by molar-refractivity contribution is -0.138. The molecule has 0 saturated heterocycles. The predicted octanol–water partition coefficient (Wildman–Crippen LogP) is 5.69. The van der Waals surface area contributed by atoms with Gasteiger partial charge in [-0.1, -0.05) is 72.1 Å². The lowest BCUT2D eigenvalue weighted by atomic mass is 9.78. The van der Waals surface area contributed by atoms with Gasteiger partial charge in [0.1, 0.15) is 5.75 Å². The summed E-state index contributed by atoms with van der Waals surface area (Å²) >= 11 is 0. The number of hydrogen-bond acceptors (Lipinski definition) is 2. The van der Waals surface area contributed by atoms with Crippen LogP contribution in [0.15, 0.2) is 12.1 Å². The van der Waals surface area contributed by atoms with E-state index in [1.165, 1.54) is 5.56 Å². The van der Waals surface area contributed by atoms with Crippen LogP contribution in [0, 0.1) is 12.8 Å². The van der Waals surface area contributed by atoms with Gasteiger partial charge in [-0.05, 0) is 30.6 Å². The number of rotatable bonds is 2. The zero-order valence-electron chi connectivity index (χ0n) is 15.9. The van der Waals surface area contributed by atoms with Gasteiger partial charge in [-0.3, -0.25) is 4.79 Å². The van der Waals surface area contributed by atoms with Crippen molar-refractivity contribution in [3.63, 3.8) is 0 Å². The van der Waals surface area contributed by atoms with E-state index >= 15 is 0 Å². The molecule has 1 fully saturated rings. The van der Waals surface area contributed by atoms with Crippen molar-refractivity contribution < 1.29 is 9.53 Å². The summed E-state index contributed by atoms with van der Waals surface area (Å²) in [5, 5.41) is 0. The minimum Gasteiger partial charge on any atom is -0.426 e. The summed E-state index contributed by atoms with van der Waals surface area (Å²) < 4.78 is 6.03. The molecular weight excluding hydrogens is 284 g/mol.